The van der Waals surface area contributed by atoms with Crippen LogP contribution in [-0.2, 0) is 10.9 Å². The minimum Gasteiger partial charge on any atom is -0.381 e. The molecule has 5 rings (SSSR count). The van der Waals surface area contributed by atoms with Crippen LogP contribution in [0.1, 0.15) is 36.8 Å². The molecule has 1 aliphatic carbocycles. The van der Waals surface area contributed by atoms with Gasteiger partial charge < -0.3 is 15.0 Å². The van der Waals surface area contributed by atoms with Crippen LogP contribution in [0.5, 0.6) is 0 Å². The predicted octanol–water partition coefficient (Wildman–Crippen LogP) is 4.55. The van der Waals surface area contributed by atoms with Crippen molar-refractivity contribution in [3.05, 3.63) is 35.4 Å². The summed E-state index contributed by atoms with van der Waals surface area (Å²) in [6, 6.07) is 1.96. The van der Waals surface area contributed by atoms with Crippen molar-refractivity contribution in [2.45, 2.75) is 44.8 Å². The van der Waals surface area contributed by atoms with Gasteiger partial charge in [0.05, 0.1) is 5.69 Å². The van der Waals surface area contributed by atoms with E-state index in [0.717, 1.165) is 70.7 Å². The van der Waals surface area contributed by atoms with Crippen molar-refractivity contribution in [2.24, 2.45) is 17.8 Å². The molecule has 2 aliphatic heterocycles. The van der Waals surface area contributed by atoms with Gasteiger partial charge in [0.15, 0.2) is 5.82 Å². The number of nitrogens with one attached hydrogen (secondary N) is 1. The molecule has 184 valence electrons. The van der Waals surface area contributed by atoms with Crippen LogP contribution in [0.3, 0.4) is 0 Å². The lowest BCUT2D eigenvalue weighted by Gasteiger charge is -2.28. The Morgan fingerprint density at radius 1 is 1.09 bits per heavy atom. The Labute approximate surface area is 196 Å². The predicted molar refractivity (Wildman–Crippen MR) is 119 cm³/mol. The fraction of sp³-hybridized carbons (Fsp3) is 0.625. The Bertz CT molecular complexity index is 1010. The number of nitrogens with zero attached hydrogens (tertiary/aromatic N) is 4. The van der Waals surface area contributed by atoms with Gasteiger partial charge in [0.25, 0.3) is 0 Å². The van der Waals surface area contributed by atoms with Crippen LogP contribution in [0.4, 0.5) is 23.4 Å². The van der Waals surface area contributed by atoms with Crippen LogP contribution in [0.2, 0.25) is 0 Å². The largest absolute Gasteiger partial charge is 0.420 e. The molecule has 10 heteroatoms. The maximum Gasteiger partial charge on any atom is 0.420 e. The molecule has 34 heavy (non-hydrogen) atoms. The molecule has 2 aromatic rings. The molecule has 1 unspecified atom stereocenters. The van der Waals surface area contributed by atoms with E-state index in [1.165, 1.54) is 6.20 Å². The van der Waals surface area contributed by atoms with Gasteiger partial charge in [-0.25, -0.2) is 4.98 Å². The van der Waals surface area contributed by atoms with Crippen LogP contribution in [-0.4, -0.2) is 59.0 Å². The third-order valence-corrected chi connectivity index (χ3v) is 7.47. The lowest BCUT2D eigenvalue weighted by Crippen LogP contribution is -2.32. The standard InChI is InChI=1S/C24H29F4N5O/c1-14-10-29-22(25)8-19(14)21-9-20(24(26,27)28)23(32-31-21)30-18-6-16-12-33(13-17(16)7-18)11-15-2-4-34-5-3-15/h8-10,15-18H,2-7,11-13H2,1H3,(H,30,32)/t16-,17+,18?. The summed E-state index contributed by atoms with van der Waals surface area (Å²) in [5, 5.41) is 10.9. The maximum absolute atomic E-state index is 13.9. The summed E-state index contributed by atoms with van der Waals surface area (Å²) in [7, 11) is 0. The fourth-order valence-electron chi connectivity index (χ4n) is 5.77. The van der Waals surface area contributed by atoms with E-state index in [1.807, 2.05) is 0 Å². The number of anilines is 1. The quantitative estimate of drug-likeness (QED) is 0.501. The minimum absolute atomic E-state index is 0.0243. The molecule has 1 N–H and O–H groups in total. The number of halogens is 4. The lowest BCUT2D eigenvalue weighted by molar-refractivity contribution is -0.137. The number of fused-ring (bicyclic) bond motifs is 1. The summed E-state index contributed by atoms with van der Waals surface area (Å²) < 4.78 is 60.7. The van der Waals surface area contributed by atoms with Crippen LogP contribution in [0, 0.1) is 30.6 Å². The van der Waals surface area contributed by atoms with E-state index in [-0.39, 0.29) is 23.1 Å². The van der Waals surface area contributed by atoms with Gasteiger partial charge in [-0.2, -0.15) is 17.6 Å². The van der Waals surface area contributed by atoms with E-state index < -0.39 is 17.7 Å². The molecule has 6 nitrogen and oxygen atoms in total. The van der Waals surface area contributed by atoms with E-state index in [4.69, 9.17) is 4.74 Å². The van der Waals surface area contributed by atoms with Crippen LogP contribution >= 0.6 is 0 Å². The zero-order valence-corrected chi connectivity index (χ0v) is 19.1. The van der Waals surface area contributed by atoms with E-state index in [1.54, 1.807) is 6.92 Å². The molecule has 0 amide bonds. The highest BCUT2D eigenvalue weighted by Crippen LogP contribution is 2.42. The number of aryl methyl sites for hydroxylation is 1. The van der Waals surface area contributed by atoms with Gasteiger partial charge in [0.2, 0.25) is 5.95 Å². The van der Waals surface area contributed by atoms with Gasteiger partial charge in [-0.1, -0.05) is 0 Å². The molecule has 0 aromatic carbocycles. The summed E-state index contributed by atoms with van der Waals surface area (Å²) in [6.45, 7) is 6.43. The number of pyridine rings is 1. The smallest absolute Gasteiger partial charge is 0.381 e. The Hall–Kier alpha value is -2.33. The first-order chi connectivity index (χ1) is 16.3. The summed E-state index contributed by atoms with van der Waals surface area (Å²) in [5.41, 5.74) is -0.133. The van der Waals surface area contributed by atoms with Gasteiger partial charge in [-0.05, 0) is 62.0 Å². The highest BCUT2D eigenvalue weighted by Gasteiger charge is 2.43. The van der Waals surface area contributed by atoms with E-state index >= 15 is 0 Å². The summed E-state index contributed by atoms with van der Waals surface area (Å²) in [6.07, 6.45) is 0.525. The normalized spacial score (nSPS) is 26.1. The summed E-state index contributed by atoms with van der Waals surface area (Å²) in [4.78, 5) is 6.05. The monoisotopic (exact) mass is 479 g/mol. The molecule has 3 atom stereocenters. The molecule has 0 radical (unpaired) electrons. The second-order valence-electron chi connectivity index (χ2n) is 9.92. The highest BCUT2D eigenvalue weighted by molar-refractivity contribution is 5.65. The average Bonchev–Trinajstić information content (AvgIpc) is 3.33. The molecule has 1 saturated carbocycles. The van der Waals surface area contributed by atoms with Crippen LogP contribution < -0.4 is 5.32 Å². The number of likely N-dealkylation sites (tertiary alicyclic amines) is 1. The molecule has 0 spiro atoms. The number of hydrogen-bond donors (Lipinski definition) is 1. The molecular weight excluding hydrogens is 450 g/mol. The van der Waals surface area contributed by atoms with Gasteiger partial charge in [0.1, 0.15) is 5.56 Å². The molecule has 4 heterocycles. The molecule has 2 aromatic heterocycles. The van der Waals surface area contributed by atoms with Crippen molar-refractivity contribution in [1.29, 1.82) is 0 Å². The third-order valence-electron chi connectivity index (χ3n) is 7.47. The van der Waals surface area contributed by atoms with Crippen molar-refractivity contribution >= 4 is 5.82 Å². The molecule has 3 aliphatic rings. The minimum atomic E-state index is -4.61. The molecule has 2 saturated heterocycles. The number of aromatic nitrogens is 3. The first-order valence-corrected chi connectivity index (χ1v) is 11.9. The number of rotatable bonds is 5. The van der Waals surface area contributed by atoms with Gasteiger partial charge in [-0.15, -0.1) is 10.2 Å². The Morgan fingerprint density at radius 2 is 1.79 bits per heavy atom. The fourth-order valence-corrected chi connectivity index (χ4v) is 5.77. The number of ether oxygens (including phenoxy) is 1. The van der Waals surface area contributed by atoms with Gasteiger partial charge in [-0.3, -0.25) is 0 Å². The van der Waals surface area contributed by atoms with Crippen molar-refractivity contribution in [1.82, 2.24) is 20.1 Å². The number of hydrogen-bond acceptors (Lipinski definition) is 6. The summed E-state index contributed by atoms with van der Waals surface area (Å²) in [5.74, 6) is 0.624. The maximum atomic E-state index is 13.9. The average molecular weight is 480 g/mol. The Kier molecular flexibility index (Phi) is 6.45. The van der Waals surface area contributed by atoms with E-state index in [2.05, 4.69) is 25.4 Å². The van der Waals surface area contributed by atoms with Crippen LogP contribution in [0.15, 0.2) is 18.3 Å². The summed E-state index contributed by atoms with van der Waals surface area (Å²) >= 11 is 0. The van der Waals surface area contributed by atoms with Crippen molar-refractivity contribution in [2.75, 3.05) is 38.2 Å². The Balaban J connectivity index is 1.26. The first-order valence-electron chi connectivity index (χ1n) is 11.9. The second-order valence-corrected chi connectivity index (χ2v) is 9.92. The molecular formula is C24H29F4N5O. The zero-order chi connectivity index (χ0) is 23.9. The topological polar surface area (TPSA) is 63.2 Å². The van der Waals surface area contributed by atoms with E-state index in [9.17, 15) is 17.6 Å². The molecule has 3 fully saturated rings. The lowest BCUT2D eigenvalue weighted by atomic mass is 10.00. The third kappa shape index (κ3) is 5.02. The van der Waals surface area contributed by atoms with E-state index in [0.29, 0.717) is 23.3 Å². The second kappa shape index (κ2) is 9.37. The first kappa shape index (κ1) is 23.4. The Morgan fingerprint density at radius 3 is 2.47 bits per heavy atom. The zero-order valence-electron chi connectivity index (χ0n) is 19.1. The van der Waals surface area contributed by atoms with Gasteiger partial charge in [0, 0.05) is 56.7 Å². The number of alkyl halides is 3. The SMILES string of the molecule is Cc1cnc(F)cc1-c1cc(C(F)(F)F)c(NC2C[C@@H]3CN(CC4CCOCC4)C[C@@H]3C2)nn1. The molecule has 0 bridgehead atoms. The highest BCUT2D eigenvalue weighted by atomic mass is 19.4. The van der Waals surface area contributed by atoms with Gasteiger partial charge >= 0.3 is 6.18 Å². The van der Waals surface area contributed by atoms with Crippen molar-refractivity contribution in [3.63, 3.8) is 0 Å². The van der Waals surface area contributed by atoms with Crippen molar-refractivity contribution < 1.29 is 22.3 Å². The van der Waals surface area contributed by atoms with Crippen LogP contribution in [0.25, 0.3) is 11.3 Å². The van der Waals surface area contributed by atoms with Crippen molar-refractivity contribution in [3.8, 4) is 11.3 Å².